The maximum Gasteiger partial charge on any atom is 0.119 e. The molecule has 2 aliphatic carbocycles. The molecule has 2 bridgehead atoms. The van der Waals surface area contributed by atoms with Crippen molar-refractivity contribution in [2.75, 3.05) is 7.11 Å². The Bertz CT molecular complexity index is 508. The monoisotopic (exact) mass is 257 g/mol. The fourth-order valence-electron chi connectivity index (χ4n) is 4.10. The third-order valence-corrected chi connectivity index (χ3v) is 5.23. The summed E-state index contributed by atoms with van der Waals surface area (Å²) >= 11 is 0. The molecule has 0 saturated heterocycles. The van der Waals surface area contributed by atoms with Crippen molar-refractivity contribution >= 4 is 5.71 Å². The Morgan fingerprint density at radius 2 is 2.21 bits per heavy atom. The van der Waals surface area contributed by atoms with Gasteiger partial charge in [-0.1, -0.05) is 25.8 Å². The summed E-state index contributed by atoms with van der Waals surface area (Å²) < 4.78 is 5.40. The van der Waals surface area contributed by atoms with Gasteiger partial charge in [-0.2, -0.15) is 0 Å². The molecule has 0 aliphatic heterocycles. The van der Waals surface area contributed by atoms with E-state index >= 15 is 0 Å². The number of nitrogens with one attached hydrogen (secondary N) is 1. The number of rotatable bonds is 2. The molecule has 1 fully saturated rings. The molecule has 0 aromatic heterocycles. The lowest BCUT2D eigenvalue weighted by atomic mass is 9.62. The summed E-state index contributed by atoms with van der Waals surface area (Å²) in [6.07, 6.45) is 6.97. The van der Waals surface area contributed by atoms with Crippen LogP contribution in [0.3, 0.4) is 0 Å². The quantitative estimate of drug-likeness (QED) is 0.849. The average molecular weight is 257 g/mol. The largest absolute Gasteiger partial charge is 0.497 e. The van der Waals surface area contributed by atoms with Gasteiger partial charge in [0.2, 0.25) is 0 Å². The second-order valence-corrected chi connectivity index (χ2v) is 6.02. The Morgan fingerprint density at radius 3 is 2.95 bits per heavy atom. The lowest BCUT2D eigenvalue weighted by Gasteiger charge is -2.41. The third-order valence-electron chi connectivity index (χ3n) is 5.23. The Balaban J connectivity index is 2.19. The molecule has 3 rings (SSSR count). The van der Waals surface area contributed by atoms with E-state index in [9.17, 15) is 0 Å². The molecular formula is C17H23NO. The predicted molar refractivity (Wildman–Crippen MR) is 78.4 cm³/mol. The van der Waals surface area contributed by atoms with Gasteiger partial charge in [-0.25, -0.2) is 0 Å². The number of fused-ring (bicyclic) bond motifs is 4. The first-order chi connectivity index (χ1) is 9.21. The molecule has 2 unspecified atom stereocenters. The SMILES string of the molecule is CCC12CCCCC(Cc3ccc(OC)cc31)C2=N. The summed E-state index contributed by atoms with van der Waals surface area (Å²) in [5.74, 6) is 1.41. The van der Waals surface area contributed by atoms with Crippen LogP contribution in [0.1, 0.15) is 50.2 Å². The smallest absolute Gasteiger partial charge is 0.119 e. The number of ether oxygens (including phenoxy) is 1. The lowest BCUT2D eigenvalue weighted by Crippen LogP contribution is -2.43. The molecule has 2 nitrogen and oxygen atoms in total. The summed E-state index contributed by atoms with van der Waals surface area (Å²) in [5, 5.41) is 8.71. The topological polar surface area (TPSA) is 33.1 Å². The third kappa shape index (κ3) is 1.80. The van der Waals surface area contributed by atoms with Crippen molar-refractivity contribution < 1.29 is 4.74 Å². The van der Waals surface area contributed by atoms with Crippen molar-refractivity contribution in [3.8, 4) is 5.75 Å². The molecule has 1 aromatic carbocycles. The minimum absolute atomic E-state index is 0.0106. The van der Waals surface area contributed by atoms with E-state index in [1.165, 1.54) is 30.4 Å². The molecule has 2 heteroatoms. The molecule has 2 aliphatic rings. The van der Waals surface area contributed by atoms with E-state index in [-0.39, 0.29) is 5.41 Å². The highest BCUT2D eigenvalue weighted by Gasteiger charge is 2.44. The van der Waals surface area contributed by atoms with Crippen molar-refractivity contribution in [2.24, 2.45) is 5.92 Å². The van der Waals surface area contributed by atoms with Gasteiger partial charge in [-0.15, -0.1) is 0 Å². The number of benzene rings is 1. The molecule has 1 saturated carbocycles. The standard InChI is InChI=1S/C17H23NO/c1-3-17-9-5-4-6-13(16(17)18)10-12-7-8-14(19-2)11-15(12)17/h7-8,11,13,18H,3-6,9-10H2,1-2H3. The highest BCUT2D eigenvalue weighted by Crippen LogP contribution is 2.47. The summed E-state index contributed by atoms with van der Waals surface area (Å²) in [6.45, 7) is 2.24. The zero-order chi connectivity index (χ0) is 13.5. The average Bonchev–Trinajstić information content (AvgIpc) is 2.55. The lowest BCUT2D eigenvalue weighted by molar-refractivity contribution is 0.409. The molecule has 0 spiro atoms. The van der Waals surface area contributed by atoms with E-state index < -0.39 is 0 Å². The van der Waals surface area contributed by atoms with Gasteiger partial charge in [0.15, 0.2) is 0 Å². The highest BCUT2D eigenvalue weighted by molar-refractivity contribution is 5.96. The summed E-state index contributed by atoms with van der Waals surface area (Å²) in [7, 11) is 1.73. The van der Waals surface area contributed by atoms with Crippen LogP contribution in [0.4, 0.5) is 0 Å². The summed E-state index contributed by atoms with van der Waals surface area (Å²) in [6, 6.07) is 6.49. The molecular weight excluding hydrogens is 234 g/mol. The Kier molecular flexibility index (Phi) is 3.12. The first kappa shape index (κ1) is 12.7. The molecule has 1 aromatic rings. The first-order valence-corrected chi connectivity index (χ1v) is 7.47. The van der Waals surface area contributed by atoms with Crippen molar-refractivity contribution in [3.05, 3.63) is 29.3 Å². The number of methoxy groups -OCH3 is 1. The van der Waals surface area contributed by atoms with E-state index in [0.717, 1.165) is 30.7 Å². The molecule has 0 amide bonds. The fourth-order valence-corrected chi connectivity index (χ4v) is 4.10. The van der Waals surface area contributed by atoms with Crippen molar-refractivity contribution in [2.45, 2.75) is 50.9 Å². The maximum absolute atomic E-state index is 8.71. The molecule has 0 radical (unpaired) electrons. The van der Waals surface area contributed by atoms with Gasteiger partial charge in [0.1, 0.15) is 5.75 Å². The first-order valence-electron chi connectivity index (χ1n) is 7.47. The molecule has 102 valence electrons. The van der Waals surface area contributed by atoms with Gasteiger partial charge in [-0.3, -0.25) is 0 Å². The number of hydrogen-bond donors (Lipinski definition) is 1. The van der Waals surface area contributed by atoms with E-state index in [0.29, 0.717) is 5.92 Å². The molecule has 0 heterocycles. The van der Waals surface area contributed by atoms with Gasteiger partial charge in [-0.05, 0) is 48.9 Å². The van der Waals surface area contributed by atoms with Crippen molar-refractivity contribution in [3.63, 3.8) is 0 Å². The molecule has 2 atom stereocenters. The van der Waals surface area contributed by atoms with E-state index in [4.69, 9.17) is 10.1 Å². The predicted octanol–water partition coefficient (Wildman–Crippen LogP) is 4.11. The Hall–Kier alpha value is -1.31. The zero-order valence-corrected chi connectivity index (χ0v) is 12.0. The second-order valence-electron chi connectivity index (χ2n) is 6.02. The maximum atomic E-state index is 8.71. The van der Waals surface area contributed by atoms with Gasteiger partial charge < -0.3 is 10.1 Å². The Morgan fingerprint density at radius 1 is 1.37 bits per heavy atom. The van der Waals surface area contributed by atoms with Crippen LogP contribution in [0.2, 0.25) is 0 Å². The zero-order valence-electron chi connectivity index (χ0n) is 12.0. The van der Waals surface area contributed by atoms with Gasteiger partial charge in [0, 0.05) is 17.0 Å². The van der Waals surface area contributed by atoms with Gasteiger partial charge >= 0.3 is 0 Å². The van der Waals surface area contributed by atoms with Crippen LogP contribution in [0, 0.1) is 11.3 Å². The van der Waals surface area contributed by atoms with Crippen LogP contribution in [0.25, 0.3) is 0 Å². The van der Waals surface area contributed by atoms with E-state index in [1.807, 2.05) is 0 Å². The van der Waals surface area contributed by atoms with Crippen LogP contribution in [0.5, 0.6) is 5.75 Å². The van der Waals surface area contributed by atoms with Crippen molar-refractivity contribution in [1.29, 1.82) is 5.41 Å². The van der Waals surface area contributed by atoms with Crippen molar-refractivity contribution in [1.82, 2.24) is 0 Å². The van der Waals surface area contributed by atoms with Gasteiger partial charge in [0.05, 0.1) is 7.11 Å². The fraction of sp³-hybridized carbons (Fsp3) is 0.588. The van der Waals surface area contributed by atoms with Crippen LogP contribution in [0.15, 0.2) is 18.2 Å². The second kappa shape index (κ2) is 4.66. The van der Waals surface area contributed by atoms with E-state index in [1.54, 1.807) is 7.11 Å². The van der Waals surface area contributed by atoms with Crippen LogP contribution in [-0.4, -0.2) is 12.8 Å². The molecule has 19 heavy (non-hydrogen) atoms. The van der Waals surface area contributed by atoms with Crippen LogP contribution in [-0.2, 0) is 11.8 Å². The van der Waals surface area contributed by atoms with Gasteiger partial charge in [0.25, 0.3) is 0 Å². The van der Waals surface area contributed by atoms with E-state index in [2.05, 4.69) is 25.1 Å². The highest BCUT2D eigenvalue weighted by atomic mass is 16.5. The Labute approximate surface area is 115 Å². The number of hydrogen-bond acceptors (Lipinski definition) is 2. The minimum atomic E-state index is -0.0106. The summed E-state index contributed by atoms with van der Waals surface area (Å²) in [5.41, 5.74) is 3.81. The van der Waals surface area contributed by atoms with Crippen LogP contribution < -0.4 is 4.74 Å². The van der Waals surface area contributed by atoms with Crippen LogP contribution >= 0.6 is 0 Å². The summed E-state index contributed by atoms with van der Waals surface area (Å²) in [4.78, 5) is 0. The molecule has 1 N–H and O–H groups in total. The minimum Gasteiger partial charge on any atom is -0.497 e. The normalized spacial score (nSPS) is 29.6.